The van der Waals surface area contributed by atoms with Gasteiger partial charge in [-0.3, -0.25) is 4.79 Å². The Morgan fingerprint density at radius 2 is 1.73 bits per heavy atom. The van der Waals surface area contributed by atoms with Gasteiger partial charge < -0.3 is 15.4 Å². The maximum absolute atomic E-state index is 13.5. The molecule has 0 aliphatic carbocycles. The van der Waals surface area contributed by atoms with Gasteiger partial charge in [0.15, 0.2) is 5.03 Å². The van der Waals surface area contributed by atoms with Crippen LogP contribution in [-0.4, -0.2) is 43.5 Å². The maximum atomic E-state index is 13.5. The SMILES string of the molecule is CC(C)Oc1ccc(-c2ccc(C(=O)NS(=O)(=O)c3cccc(N)n3)c(N3CCCC(c4ccccc4)C3)n2)cc1. The van der Waals surface area contributed by atoms with E-state index in [2.05, 4.69) is 26.7 Å². The third-order valence-electron chi connectivity index (χ3n) is 6.88. The fourth-order valence-electron chi connectivity index (χ4n) is 4.98. The molecule has 10 heteroatoms. The zero-order valence-electron chi connectivity index (χ0n) is 23.0. The monoisotopic (exact) mass is 571 g/mol. The third-order valence-corrected chi connectivity index (χ3v) is 8.11. The standard InChI is InChI=1S/C31H33N5O4S/c1-21(2)40-25-15-13-23(14-16-25)27-18-17-26(31(37)35-41(38,39)29-12-6-11-28(32)34-29)30(33-27)36-19-7-10-24(20-36)22-8-4-3-5-9-22/h3-6,8-9,11-18,21,24H,7,10,19-20H2,1-2H3,(H2,32,34)(H,35,37). The Bertz CT molecular complexity index is 1630. The number of ether oxygens (including phenoxy) is 1. The number of nitrogens with one attached hydrogen (secondary N) is 1. The number of carbonyl (C=O) groups is 1. The minimum absolute atomic E-state index is 0.0390. The molecule has 0 radical (unpaired) electrons. The zero-order valence-corrected chi connectivity index (χ0v) is 23.8. The van der Waals surface area contributed by atoms with E-state index in [0.717, 1.165) is 24.2 Å². The number of pyridine rings is 2. The van der Waals surface area contributed by atoms with E-state index in [1.807, 2.05) is 56.3 Å². The molecule has 0 saturated carbocycles. The van der Waals surface area contributed by atoms with Crippen molar-refractivity contribution in [1.82, 2.24) is 14.7 Å². The fourth-order valence-corrected chi connectivity index (χ4v) is 5.92. The summed E-state index contributed by atoms with van der Waals surface area (Å²) in [5.41, 5.74) is 8.56. The average molecular weight is 572 g/mol. The first kappa shape index (κ1) is 28.1. The van der Waals surface area contributed by atoms with Crippen LogP contribution in [0.4, 0.5) is 11.6 Å². The molecule has 3 heterocycles. The summed E-state index contributed by atoms with van der Waals surface area (Å²) in [6.07, 6.45) is 1.96. The Hall–Kier alpha value is -4.44. The van der Waals surface area contributed by atoms with Crippen LogP contribution in [0.25, 0.3) is 11.3 Å². The number of nitrogen functional groups attached to an aromatic ring is 1. The molecule has 0 spiro atoms. The van der Waals surface area contributed by atoms with Crippen LogP contribution >= 0.6 is 0 Å². The van der Waals surface area contributed by atoms with Gasteiger partial charge in [-0.05, 0) is 80.8 Å². The number of rotatable bonds is 8. The van der Waals surface area contributed by atoms with Gasteiger partial charge in [-0.2, -0.15) is 8.42 Å². The Morgan fingerprint density at radius 1 is 0.976 bits per heavy atom. The van der Waals surface area contributed by atoms with E-state index < -0.39 is 15.9 Å². The zero-order chi connectivity index (χ0) is 29.0. The van der Waals surface area contributed by atoms with Crippen molar-refractivity contribution in [3.8, 4) is 17.0 Å². The molecule has 9 nitrogen and oxygen atoms in total. The molecule has 1 saturated heterocycles. The van der Waals surface area contributed by atoms with Crippen molar-refractivity contribution in [3.63, 3.8) is 0 Å². The molecule has 1 amide bonds. The van der Waals surface area contributed by atoms with Crippen LogP contribution in [-0.2, 0) is 10.0 Å². The molecule has 4 aromatic rings. The summed E-state index contributed by atoms with van der Waals surface area (Å²) >= 11 is 0. The molecule has 0 bridgehead atoms. The van der Waals surface area contributed by atoms with Crippen LogP contribution in [0.1, 0.15) is 48.5 Å². The number of benzene rings is 2. The van der Waals surface area contributed by atoms with Crippen molar-refractivity contribution < 1.29 is 17.9 Å². The Morgan fingerprint density at radius 3 is 2.44 bits per heavy atom. The first-order chi connectivity index (χ1) is 19.7. The number of sulfonamides is 1. The number of piperidine rings is 1. The summed E-state index contributed by atoms with van der Waals surface area (Å²) in [6.45, 7) is 5.27. The van der Waals surface area contributed by atoms with Crippen molar-refractivity contribution in [3.05, 3.63) is 96.1 Å². The number of anilines is 2. The molecule has 41 heavy (non-hydrogen) atoms. The molecule has 212 valence electrons. The Kier molecular flexibility index (Phi) is 8.21. The number of carbonyl (C=O) groups excluding carboxylic acids is 1. The summed E-state index contributed by atoms with van der Waals surface area (Å²) < 4.78 is 33.9. The minimum Gasteiger partial charge on any atom is -0.491 e. The molecule has 1 atom stereocenters. The van der Waals surface area contributed by atoms with Gasteiger partial charge in [0.2, 0.25) is 0 Å². The van der Waals surface area contributed by atoms with E-state index in [4.69, 9.17) is 15.5 Å². The van der Waals surface area contributed by atoms with Gasteiger partial charge >= 0.3 is 0 Å². The van der Waals surface area contributed by atoms with E-state index in [-0.39, 0.29) is 28.4 Å². The Labute approximate surface area is 240 Å². The van der Waals surface area contributed by atoms with Crippen molar-refractivity contribution in [2.75, 3.05) is 23.7 Å². The lowest BCUT2D eigenvalue weighted by atomic mass is 9.90. The molecule has 1 unspecified atom stereocenters. The summed E-state index contributed by atoms with van der Waals surface area (Å²) in [5, 5.41) is -0.331. The molecule has 2 aromatic carbocycles. The summed E-state index contributed by atoms with van der Waals surface area (Å²) in [6, 6.07) is 25.4. The predicted octanol–water partition coefficient (Wildman–Crippen LogP) is 5.02. The van der Waals surface area contributed by atoms with Gasteiger partial charge in [-0.25, -0.2) is 14.7 Å². The van der Waals surface area contributed by atoms with Crippen molar-refractivity contribution in [1.29, 1.82) is 0 Å². The molecule has 2 aromatic heterocycles. The van der Waals surface area contributed by atoms with Crippen LogP contribution in [0.3, 0.4) is 0 Å². The topological polar surface area (TPSA) is 128 Å². The van der Waals surface area contributed by atoms with E-state index in [1.54, 1.807) is 12.1 Å². The number of nitrogens with zero attached hydrogens (tertiary/aromatic N) is 3. The molecule has 1 fully saturated rings. The van der Waals surface area contributed by atoms with Gasteiger partial charge in [0, 0.05) is 24.6 Å². The van der Waals surface area contributed by atoms with Crippen LogP contribution in [0, 0.1) is 0 Å². The maximum Gasteiger partial charge on any atom is 0.281 e. The van der Waals surface area contributed by atoms with Gasteiger partial charge in [0.1, 0.15) is 17.4 Å². The van der Waals surface area contributed by atoms with Gasteiger partial charge in [-0.15, -0.1) is 0 Å². The van der Waals surface area contributed by atoms with E-state index in [0.29, 0.717) is 24.6 Å². The van der Waals surface area contributed by atoms with Crippen LogP contribution in [0.5, 0.6) is 5.75 Å². The van der Waals surface area contributed by atoms with Crippen LogP contribution < -0.4 is 20.1 Å². The number of amides is 1. The van der Waals surface area contributed by atoms with Gasteiger partial charge in [-0.1, -0.05) is 36.4 Å². The summed E-state index contributed by atoms with van der Waals surface area (Å²) in [4.78, 5) is 24.3. The molecular weight excluding hydrogens is 538 g/mol. The summed E-state index contributed by atoms with van der Waals surface area (Å²) in [5.74, 6) is 0.683. The fraction of sp³-hybridized carbons (Fsp3) is 0.258. The van der Waals surface area contributed by atoms with Crippen molar-refractivity contribution in [2.24, 2.45) is 0 Å². The van der Waals surface area contributed by atoms with E-state index in [9.17, 15) is 13.2 Å². The number of hydrogen-bond donors (Lipinski definition) is 2. The summed E-state index contributed by atoms with van der Waals surface area (Å²) in [7, 11) is -4.26. The number of nitrogens with two attached hydrogens (primary N) is 1. The normalized spacial score (nSPS) is 15.5. The highest BCUT2D eigenvalue weighted by Gasteiger charge is 2.28. The second-order valence-electron chi connectivity index (χ2n) is 10.3. The lowest BCUT2D eigenvalue weighted by Crippen LogP contribution is -2.38. The largest absolute Gasteiger partial charge is 0.491 e. The second kappa shape index (κ2) is 12.0. The lowest BCUT2D eigenvalue weighted by molar-refractivity contribution is 0.0981. The molecular formula is C31H33N5O4S. The molecule has 1 aliphatic rings. The predicted molar refractivity (Wildman–Crippen MR) is 159 cm³/mol. The highest BCUT2D eigenvalue weighted by Crippen LogP contribution is 2.33. The first-order valence-electron chi connectivity index (χ1n) is 13.6. The van der Waals surface area contributed by atoms with E-state index >= 15 is 0 Å². The van der Waals surface area contributed by atoms with E-state index in [1.165, 1.54) is 23.8 Å². The van der Waals surface area contributed by atoms with Crippen molar-refractivity contribution in [2.45, 2.75) is 43.7 Å². The average Bonchev–Trinajstić information content (AvgIpc) is 2.97. The number of hydrogen-bond acceptors (Lipinski definition) is 8. The molecule has 3 N–H and O–H groups in total. The molecule has 5 rings (SSSR count). The van der Waals surface area contributed by atoms with Crippen molar-refractivity contribution >= 4 is 27.6 Å². The van der Waals surface area contributed by atoms with Gasteiger partial charge in [0.05, 0.1) is 17.4 Å². The van der Waals surface area contributed by atoms with Gasteiger partial charge in [0.25, 0.3) is 15.9 Å². The first-order valence-corrected chi connectivity index (χ1v) is 15.1. The highest BCUT2D eigenvalue weighted by atomic mass is 32.2. The minimum atomic E-state index is -4.26. The van der Waals surface area contributed by atoms with Crippen LogP contribution in [0.15, 0.2) is 90.0 Å². The smallest absolute Gasteiger partial charge is 0.281 e. The number of aromatic nitrogens is 2. The second-order valence-corrected chi connectivity index (χ2v) is 11.9. The third kappa shape index (κ3) is 6.66. The Balaban J connectivity index is 1.50. The molecule has 1 aliphatic heterocycles. The quantitative estimate of drug-likeness (QED) is 0.302. The lowest BCUT2D eigenvalue weighted by Gasteiger charge is -2.35. The van der Waals surface area contributed by atoms with Crippen LogP contribution in [0.2, 0.25) is 0 Å². The highest BCUT2D eigenvalue weighted by molar-refractivity contribution is 7.90.